The highest BCUT2D eigenvalue weighted by Gasteiger charge is 2.37. The van der Waals surface area contributed by atoms with Crippen molar-refractivity contribution in [2.45, 2.75) is 24.8 Å². The number of hydrogen-bond acceptors (Lipinski definition) is 2. The van der Waals surface area contributed by atoms with E-state index in [1.165, 1.54) is 0 Å². The summed E-state index contributed by atoms with van der Waals surface area (Å²) in [6.07, 6.45) is 4.68. The fourth-order valence-electron chi connectivity index (χ4n) is 1.70. The Morgan fingerprint density at radius 2 is 2.33 bits per heavy atom. The lowest BCUT2D eigenvalue weighted by Crippen LogP contribution is -2.55. The summed E-state index contributed by atoms with van der Waals surface area (Å²) in [7, 11) is 0. The zero-order valence-corrected chi connectivity index (χ0v) is 9.13. The number of halogens is 1. The number of nitrogens with zero attached hydrogens (tertiary/aromatic N) is 1. The van der Waals surface area contributed by atoms with Crippen LogP contribution >= 0.6 is 11.6 Å². The van der Waals surface area contributed by atoms with Crippen molar-refractivity contribution in [3.63, 3.8) is 0 Å². The molecule has 0 atom stereocenters. The van der Waals surface area contributed by atoms with Crippen LogP contribution in [0.2, 0.25) is 0 Å². The van der Waals surface area contributed by atoms with E-state index in [1.807, 2.05) is 0 Å². The van der Waals surface area contributed by atoms with Gasteiger partial charge in [0, 0.05) is 12.1 Å². The van der Waals surface area contributed by atoms with Gasteiger partial charge in [-0.15, -0.1) is 11.6 Å². The zero-order chi connectivity index (χ0) is 10.7. The molecule has 1 fully saturated rings. The molecule has 0 unspecified atom stereocenters. The molecule has 0 spiro atoms. The van der Waals surface area contributed by atoms with Gasteiger partial charge in [0.15, 0.2) is 0 Å². The number of rotatable bonds is 3. The van der Waals surface area contributed by atoms with Gasteiger partial charge in [0.2, 0.25) is 0 Å². The zero-order valence-electron chi connectivity index (χ0n) is 8.37. The monoisotopic (exact) mass is 224 g/mol. The van der Waals surface area contributed by atoms with Gasteiger partial charge in [-0.1, -0.05) is 6.07 Å². The van der Waals surface area contributed by atoms with Gasteiger partial charge in [-0.05, 0) is 31.4 Å². The Labute approximate surface area is 93.8 Å². The Balaban J connectivity index is 2.04. The van der Waals surface area contributed by atoms with Crippen molar-refractivity contribution < 1.29 is 4.79 Å². The molecule has 1 aliphatic carbocycles. The number of aromatic nitrogens is 1. The summed E-state index contributed by atoms with van der Waals surface area (Å²) < 4.78 is 0. The average molecular weight is 225 g/mol. The number of amides is 1. The van der Waals surface area contributed by atoms with E-state index in [9.17, 15) is 4.79 Å². The molecule has 1 aromatic rings. The molecule has 0 saturated heterocycles. The van der Waals surface area contributed by atoms with Crippen LogP contribution in [0.1, 0.15) is 29.8 Å². The van der Waals surface area contributed by atoms with E-state index >= 15 is 0 Å². The Morgan fingerprint density at radius 3 is 2.80 bits per heavy atom. The largest absolute Gasteiger partial charge is 0.344 e. The first kappa shape index (κ1) is 10.4. The summed E-state index contributed by atoms with van der Waals surface area (Å²) in [6, 6.07) is 5.30. The summed E-state index contributed by atoms with van der Waals surface area (Å²) in [5.41, 5.74) is 0.268. The molecule has 0 radical (unpaired) electrons. The second kappa shape index (κ2) is 4.19. The predicted molar refractivity (Wildman–Crippen MR) is 59.0 cm³/mol. The van der Waals surface area contributed by atoms with E-state index in [0.29, 0.717) is 11.6 Å². The van der Waals surface area contributed by atoms with Crippen LogP contribution in [0, 0.1) is 0 Å². The maximum Gasteiger partial charge on any atom is 0.270 e. The molecule has 4 heteroatoms. The molecule has 0 bridgehead atoms. The number of nitrogens with one attached hydrogen (secondary N) is 1. The lowest BCUT2D eigenvalue weighted by atomic mass is 9.78. The van der Waals surface area contributed by atoms with Gasteiger partial charge in [0.1, 0.15) is 5.69 Å². The molecule has 2 rings (SSSR count). The minimum Gasteiger partial charge on any atom is -0.344 e. The Bertz CT molecular complexity index is 343. The third kappa shape index (κ3) is 2.12. The molecule has 1 aromatic heterocycles. The first-order valence-corrected chi connectivity index (χ1v) is 5.59. The van der Waals surface area contributed by atoms with Crippen molar-refractivity contribution >= 4 is 17.5 Å². The van der Waals surface area contributed by atoms with Crippen molar-refractivity contribution in [2.24, 2.45) is 0 Å². The number of hydrogen-bond donors (Lipinski definition) is 1. The van der Waals surface area contributed by atoms with Crippen molar-refractivity contribution in [1.82, 2.24) is 10.3 Å². The van der Waals surface area contributed by atoms with Crippen LogP contribution in [0.4, 0.5) is 0 Å². The molecule has 1 heterocycles. The van der Waals surface area contributed by atoms with Gasteiger partial charge in [-0.3, -0.25) is 9.78 Å². The standard InChI is InChI=1S/C11H13ClN2O/c12-8-11(5-3-6-11)14-10(15)9-4-1-2-7-13-9/h1-2,4,7H,3,5-6,8H2,(H,14,15). The second-order valence-electron chi connectivity index (χ2n) is 3.94. The average Bonchev–Trinajstić information content (AvgIpc) is 2.24. The van der Waals surface area contributed by atoms with Crippen LogP contribution in [-0.2, 0) is 0 Å². The molecular formula is C11H13ClN2O. The normalized spacial score (nSPS) is 17.9. The molecule has 1 N–H and O–H groups in total. The fourth-order valence-corrected chi connectivity index (χ4v) is 2.03. The Hall–Kier alpha value is -1.09. The molecular weight excluding hydrogens is 212 g/mol. The number of carbonyl (C=O) groups excluding carboxylic acids is 1. The van der Waals surface area contributed by atoms with Crippen molar-refractivity contribution in [3.8, 4) is 0 Å². The van der Waals surface area contributed by atoms with E-state index < -0.39 is 0 Å². The Morgan fingerprint density at radius 1 is 1.53 bits per heavy atom. The predicted octanol–water partition coefficient (Wildman–Crippen LogP) is 1.97. The topological polar surface area (TPSA) is 42.0 Å². The lowest BCUT2D eigenvalue weighted by molar-refractivity contribution is 0.0848. The second-order valence-corrected chi connectivity index (χ2v) is 4.20. The van der Waals surface area contributed by atoms with Crippen LogP contribution < -0.4 is 5.32 Å². The Kier molecular flexibility index (Phi) is 2.91. The minimum absolute atomic E-state index is 0.129. The summed E-state index contributed by atoms with van der Waals surface area (Å²) in [6.45, 7) is 0. The summed E-state index contributed by atoms with van der Waals surface area (Å²) in [5, 5.41) is 2.96. The maximum atomic E-state index is 11.8. The quantitative estimate of drug-likeness (QED) is 0.798. The van der Waals surface area contributed by atoms with Gasteiger partial charge in [-0.2, -0.15) is 0 Å². The van der Waals surface area contributed by atoms with Crippen LogP contribution in [-0.4, -0.2) is 22.3 Å². The molecule has 3 nitrogen and oxygen atoms in total. The van der Waals surface area contributed by atoms with Crippen LogP contribution in [0.25, 0.3) is 0 Å². The van der Waals surface area contributed by atoms with E-state index in [0.717, 1.165) is 19.3 Å². The summed E-state index contributed by atoms with van der Waals surface area (Å²) in [5.74, 6) is 0.349. The number of alkyl halides is 1. The van der Waals surface area contributed by atoms with Crippen LogP contribution in [0.5, 0.6) is 0 Å². The van der Waals surface area contributed by atoms with Gasteiger partial charge in [0.25, 0.3) is 5.91 Å². The molecule has 1 saturated carbocycles. The smallest absolute Gasteiger partial charge is 0.270 e. The molecule has 1 amide bonds. The minimum atomic E-state index is -0.184. The van der Waals surface area contributed by atoms with E-state index in [-0.39, 0.29) is 11.4 Å². The SMILES string of the molecule is O=C(NC1(CCl)CCC1)c1ccccn1. The molecule has 1 aliphatic rings. The highest BCUT2D eigenvalue weighted by molar-refractivity contribution is 6.19. The van der Waals surface area contributed by atoms with E-state index in [2.05, 4.69) is 10.3 Å². The van der Waals surface area contributed by atoms with Crippen LogP contribution in [0.3, 0.4) is 0 Å². The van der Waals surface area contributed by atoms with Crippen molar-refractivity contribution in [2.75, 3.05) is 5.88 Å². The summed E-state index contributed by atoms with van der Waals surface area (Å²) in [4.78, 5) is 15.8. The highest BCUT2D eigenvalue weighted by atomic mass is 35.5. The van der Waals surface area contributed by atoms with E-state index in [1.54, 1.807) is 24.4 Å². The number of pyridine rings is 1. The van der Waals surface area contributed by atoms with E-state index in [4.69, 9.17) is 11.6 Å². The van der Waals surface area contributed by atoms with Crippen molar-refractivity contribution in [3.05, 3.63) is 30.1 Å². The van der Waals surface area contributed by atoms with Gasteiger partial charge in [-0.25, -0.2) is 0 Å². The van der Waals surface area contributed by atoms with Gasteiger partial charge in [0.05, 0.1) is 5.54 Å². The lowest BCUT2D eigenvalue weighted by Gasteiger charge is -2.40. The first-order valence-electron chi connectivity index (χ1n) is 5.05. The molecule has 15 heavy (non-hydrogen) atoms. The first-order chi connectivity index (χ1) is 7.26. The maximum absolute atomic E-state index is 11.8. The third-order valence-corrected chi connectivity index (χ3v) is 3.35. The van der Waals surface area contributed by atoms with Gasteiger partial charge < -0.3 is 5.32 Å². The molecule has 0 aliphatic heterocycles. The molecule has 80 valence electrons. The molecule has 0 aromatic carbocycles. The van der Waals surface area contributed by atoms with Crippen molar-refractivity contribution in [1.29, 1.82) is 0 Å². The third-order valence-electron chi connectivity index (χ3n) is 2.84. The number of carbonyl (C=O) groups is 1. The fraction of sp³-hybridized carbons (Fsp3) is 0.455. The van der Waals surface area contributed by atoms with Crippen LogP contribution in [0.15, 0.2) is 24.4 Å². The summed E-state index contributed by atoms with van der Waals surface area (Å²) >= 11 is 5.86. The van der Waals surface area contributed by atoms with Gasteiger partial charge >= 0.3 is 0 Å². The highest BCUT2D eigenvalue weighted by Crippen LogP contribution is 2.32.